The Morgan fingerprint density at radius 2 is 1.87 bits per heavy atom. The second kappa shape index (κ2) is 19.1. The molecule has 0 radical (unpaired) electrons. The van der Waals surface area contributed by atoms with Crippen LogP contribution in [0.5, 0.6) is 0 Å². The molecule has 3 heterocycles. The number of furan rings is 1. The molecule has 0 unspecified atom stereocenters. The molecule has 8 nitrogen and oxygen atoms in total. The Morgan fingerprint density at radius 3 is 2.33 bits per heavy atom. The number of rotatable bonds is 9. The van der Waals surface area contributed by atoms with E-state index in [9.17, 15) is 4.79 Å². The normalized spacial score (nSPS) is 13.9. The second-order valence-corrected chi connectivity index (χ2v) is 9.81. The first-order valence-electron chi connectivity index (χ1n) is 13.8. The van der Waals surface area contributed by atoms with Gasteiger partial charge in [0.15, 0.2) is 0 Å². The van der Waals surface area contributed by atoms with E-state index in [0.29, 0.717) is 5.56 Å². The van der Waals surface area contributed by atoms with Crippen molar-refractivity contribution in [2.45, 2.75) is 54.0 Å². The molecular weight excluding hydrogens is 489 g/mol. The molecule has 0 aromatic carbocycles. The molecule has 39 heavy (non-hydrogen) atoms. The van der Waals surface area contributed by atoms with Crippen molar-refractivity contribution in [3.8, 4) is 0 Å². The third kappa shape index (κ3) is 13.1. The molecule has 1 aliphatic rings. The standard InChI is InChI=1S/C22H27BN4O3.C5H13N.C3H8/c1-4-17(6-5-16(2)3)20-8-7-19(30-20)15-26-9-11-27(12-10-26)22-23-13-18(14-24-22)21(28)25-29;1-4-5-6(2)3;1-3-2/h4-8,13-14,29H,2,9-12,15H2,1,3H3,(H,25,28);4-5H2,1-3H3;3H2,1-2H3/b6-5-,17-4+;;. The molecule has 2 aromatic rings. The summed E-state index contributed by atoms with van der Waals surface area (Å²) in [6.07, 6.45) is 10.0. The van der Waals surface area contributed by atoms with Crippen LogP contribution in [0, 0.1) is 0 Å². The maximum atomic E-state index is 11.4. The van der Waals surface area contributed by atoms with Crippen LogP contribution in [-0.4, -0.2) is 79.6 Å². The molecule has 214 valence electrons. The molecule has 0 saturated carbocycles. The Morgan fingerprint density at radius 1 is 1.21 bits per heavy atom. The summed E-state index contributed by atoms with van der Waals surface area (Å²) in [5, 5.41) is 8.69. The van der Waals surface area contributed by atoms with Crippen LogP contribution in [0.2, 0.25) is 0 Å². The van der Waals surface area contributed by atoms with Crippen molar-refractivity contribution < 1.29 is 14.4 Å². The summed E-state index contributed by atoms with van der Waals surface area (Å²) in [5.41, 5.74) is 4.81. The van der Waals surface area contributed by atoms with E-state index >= 15 is 0 Å². The third-order valence-electron chi connectivity index (χ3n) is 5.66. The fourth-order valence-electron chi connectivity index (χ4n) is 3.75. The van der Waals surface area contributed by atoms with Gasteiger partial charge in [-0.15, -0.1) is 0 Å². The molecule has 2 aromatic heterocycles. The smallest absolute Gasteiger partial charge is 0.00275 e. The maximum Gasteiger partial charge on any atom is -0.00275 e. The van der Waals surface area contributed by atoms with Crippen LogP contribution in [0.25, 0.3) is 5.57 Å². The van der Waals surface area contributed by atoms with Crippen molar-refractivity contribution in [3.05, 3.63) is 71.8 Å². The molecule has 1 aliphatic heterocycles. The number of hydrogen-bond donors (Lipinski definition) is 2. The molecule has 0 atom stereocenters. The van der Waals surface area contributed by atoms with E-state index in [-0.39, 0.29) is 0 Å². The monoisotopic (exact) mass is 537 g/mol. The van der Waals surface area contributed by atoms with Gasteiger partial charge in [0.25, 0.3) is 0 Å². The van der Waals surface area contributed by atoms with Crippen molar-refractivity contribution in [1.82, 2.24) is 20.3 Å². The first-order valence-corrected chi connectivity index (χ1v) is 13.8. The number of hydroxylamine groups is 1. The Kier molecular flexibility index (Phi) is 16.7. The van der Waals surface area contributed by atoms with E-state index in [2.05, 4.69) is 61.1 Å². The van der Waals surface area contributed by atoms with E-state index in [1.54, 1.807) is 18.4 Å². The van der Waals surface area contributed by atoms with Gasteiger partial charge in [0, 0.05) is 0 Å². The van der Waals surface area contributed by atoms with Crippen molar-refractivity contribution >= 4 is 24.1 Å². The van der Waals surface area contributed by atoms with Gasteiger partial charge >= 0.3 is 158 Å². The molecule has 1 amide bonds. The number of hydrogen-bond acceptors (Lipinski definition) is 7. The van der Waals surface area contributed by atoms with E-state index in [1.807, 2.05) is 44.2 Å². The fraction of sp³-hybridized carbons (Fsp3) is 0.500. The van der Waals surface area contributed by atoms with Gasteiger partial charge in [-0.3, -0.25) is 0 Å². The Labute approximate surface area is 236 Å². The van der Waals surface area contributed by atoms with Crippen LogP contribution >= 0.6 is 0 Å². The molecule has 1 saturated heterocycles. The van der Waals surface area contributed by atoms with Crippen molar-refractivity contribution in [3.63, 3.8) is 0 Å². The average Bonchev–Trinajstić information content (AvgIpc) is 3.38. The van der Waals surface area contributed by atoms with Gasteiger partial charge in [-0.05, 0) is 34.0 Å². The molecule has 2 N–H and O–H groups in total. The quantitative estimate of drug-likeness (QED) is 0.253. The zero-order chi connectivity index (χ0) is 29.2. The number of amides is 1. The van der Waals surface area contributed by atoms with E-state index in [4.69, 9.17) is 9.62 Å². The number of allylic oxidation sites excluding steroid dienone is 5. The van der Waals surface area contributed by atoms with Gasteiger partial charge in [0.05, 0.1) is 0 Å². The summed E-state index contributed by atoms with van der Waals surface area (Å²) >= 11 is 0. The first-order chi connectivity index (χ1) is 18.7. The second-order valence-electron chi connectivity index (χ2n) is 9.81. The van der Waals surface area contributed by atoms with Gasteiger partial charge in [-0.2, -0.15) is 0 Å². The number of aromatic nitrogens is 1. The summed E-state index contributed by atoms with van der Waals surface area (Å²) in [4.78, 5) is 22.5. The summed E-state index contributed by atoms with van der Waals surface area (Å²) in [7, 11) is 4.17. The van der Waals surface area contributed by atoms with Crippen molar-refractivity contribution in [2.24, 2.45) is 0 Å². The van der Waals surface area contributed by atoms with E-state index < -0.39 is 5.91 Å². The zero-order valence-corrected chi connectivity index (χ0v) is 25.0. The minimum atomic E-state index is -0.562. The maximum absolute atomic E-state index is 11.4. The molecule has 9 heteroatoms. The van der Waals surface area contributed by atoms with Gasteiger partial charge in [0.2, 0.25) is 0 Å². The summed E-state index contributed by atoms with van der Waals surface area (Å²) in [6.45, 7) is 21.5. The van der Waals surface area contributed by atoms with Crippen molar-refractivity contribution in [2.75, 3.05) is 51.7 Å². The topological polar surface area (TPSA) is 85.1 Å². The number of nitrogens with one attached hydrogen (secondary N) is 1. The van der Waals surface area contributed by atoms with Crippen molar-refractivity contribution in [1.29, 1.82) is 0 Å². The van der Waals surface area contributed by atoms with Crippen LogP contribution in [0.1, 0.15) is 69.3 Å². The third-order valence-corrected chi connectivity index (χ3v) is 5.66. The van der Waals surface area contributed by atoms with Crippen LogP contribution < -0.4 is 10.4 Å². The van der Waals surface area contributed by atoms with Crippen LogP contribution in [0.3, 0.4) is 0 Å². The van der Waals surface area contributed by atoms with Gasteiger partial charge in [-0.25, -0.2) is 0 Å². The molecule has 0 spiro atoms. The predicted octanol–water partition coefficient (Wildman–Crippen LogP) is 5.36. The van der Waals surface area contributed by atoms with Gasteiger partial charge in [0.1, 0.15) is 0 Å². The molecular formula is C30H48BN5O3. The minimum absolute atomic E-state index is 0.326. The number of carbonyl (C=O) groups excluding carboxylic acids is 1. The number of piperazine rings is 1. The molecule has 0 bridgehead atoms. The number of nitrogens with zero attached hydrogens (tertiary/aromatic N) is 4. The fourth-order valence-corrected chi connectivity index (χ4v) is 3.75. The SMILES string of the molecule is C=C(C)/C=C\C(=C/C)c1ccc(CN2CCN(c3bcc(C(=O)NO)cn3)CC2)o1.CCC.CCCN(C)C. The number of carbonyl (C=O) groups is 1. The summed E-state index contributed by atoms with van der Waals surface area (Å²) in [6, 6.07) is 4.05. The van der Waals surface area contributed by atoms with E-state index in [1.165, 1.54) is 25.6 Å². The zero-order valence-electron chi connectivity index (χ0n) is 25.0. The summed E-state index contributed by atoms with van der Waals surface area (Å²) < 4.78 is 6.05. The Balaban J connectivity index is 0.000000734. The van der Waals surface area contributed by atoms with Crippen LogP contribution in [0.15, 0.2) is 59.1 Å². The average molecular weight is 538 g/mol. The molecule has 0 aliphatic carbocycles. The van der Waals surface area contributed by atoms with Crippen LogP contribution in [-0.2, 0) is 6.54 Å². The Hall–Kier alpha value is -3.01. The van der Waals surface area contributed by atoms with E-state index in [0.717, 1.165) is 61.1 Å². The number of anilines is 1. The van der Waals surface area contributed by atoms with Gasteiger partial charge in [-0.1, -0.05) is 39.3 Å². The largest absolute Gasteiger partial charge is 0.309 e. The molecule has 1 fully saturated rings. The Bertz CT molecular complexity index is 1040. The minimum Gasteiger partial charge on any atom is -0.309 e. The predicted molar refractivity (Wildman–Crippen MR) is 163 cm³/mol. The molecule has 3 rings (SSSR count). The van der Waals surface area contributed by atoms with Crippen LogP contribution in [0.4, 0.5) is 5.71 Å². The first kappa shape index (κ1) is 34.0. The van der Waals surface area contributed by atoms with Gasteiger partial charge < -0.3 is 4.90 Å². The summed E-state index contributed by atoms with van der Waals surface area (Å²) in [5.74, 6) is 2.90.